The number of hydrogen-bond acceptors (Lipinski definition) is 2. The fraction of sp³-hybridized carbons (Fsp3) is 0.250. The molecule has 2 N–H and O–H groups in total. The van der Waals surface area contributed by atoms with Gasteiger partial charge in [-0.2, -0.15) is 0 Å². The third-order valence-corrected chi connectivity index (χ3v) is 4.65. The highest BCUT2D eigenvalue weighted by Crippen LogP contribution is 2.29. The monoisotopic (exact) mass is 353 g/mol. The molecule has 0 heterocycles. The first kappa shape index (κ1) is 15.4. The highest BCUT2D eigenvalue weighted by Gasteiger charge is 2.13. The van der Waals surface area contributed by atoms with Crippen LogP contribution < -0.4 is 10.5 Å². The van der Waals surface area contributed by atoms with Gasteiger partial charge in [-0.05, 0) is 54.8 Å². The molecule has 2 aromatic rings. The van der Waals surface area contributed by atoms with Gasteiger partial charge >= 0.3 is 0 Å². The molecule has 0 amide bonds. The Morgan fingerprint density at radius 2 is 1.70 bits per heavy atom. The molecule has 2 rings (SSSR count). The molecule has 0 aromatic heterocycles. The molecule has 0 spiro atoms. The molecule has 1 unspecified atom stereocenters. The molecule has 0 aliphatic carbocycles. The van der Waals surface area contributed by atoms with E-state index in [0.717, 1.165) is 26.9 Å². The van der Waals surface area contributed by atoms with Crippen molar-refractivity contribution in [3.63, 3.8) is 0 Å². The van der Waals surface area contributed by atoms with E-state index in [-0.39, 0.29) is 6.10 Å². The number of rotatable bonds is 4. The van der Waals surface area contributed by atoms with Crippen molar-refractivity contribution in [2.24, 2.45) is 5.73 Å². The average Bonchev–Trinajstić information content (AvgIpc) is 2.43. The fourth-order valence-electron chi connectivity index (χ4n) is 2.07. The van der Waals surface area contributed by atoms with E-state index in [1.807, 2.05) is 50.2 Å². The van der Waals surface area contributed by atoms with E-state index in [2.05, 4.69) is 15.9 Å². The Bertz CT molecular complexity index is 575. The Balaban J connectivity index is 2.24. The van der Waals surface area contributed by atoms with Crippen molar-refractivity contribution in [3.8, 4) is 5.75 Å². The second-order valence-corrected chi connectivity index (χ2v) is 5.99. The number of ether oxygens (including phenoxy) is 1. The van der Waals surface area contributed by atoms with Gasteiger partial charge in [0, 0.05) is 16.0 Å². The first-order valence-electron chi connectivity index (χ1n) is 6.40. The van der Waals surface area contributed by atoms with Crippen molar-refractivity contribution in [3.05, 3.63) is 62.6 Å². The molecule has 0 fully saturated rings. The van der Waals surface area contributed by atoms with Gasteiger partial charge in [0.2, 0.25) is 0 Å². The molecule has 0 saturated carbocycles. The Kier molecular flexibility index (Phi) is 5.08. The molecule has 4 heteroatoms. The summed E-state index contributed by atoms with van der Waals surface area (Å²) in [5.41, 5.74) is 9.14. The summed E-state index contributed by atoms with van der Waals surface area (Å²) in [7, 11) is 0. The summed E-state index contributed by atoms with van der Waals surface area (Å²) in [6.45, 7) is 4.50. The molecule has 106 valence electrons. The third-order valence-electron chi connectivity index (χ3n) is 3.14. The van der Waals surface area contributed by atoms with E-state index < -0.39 is 0 Å². The summed E-state index contributed by atoms with van der Waals surface area (Å²) < 4.78 is 7.13. The van der Waals surface area contributed by atoms with Crippen LogP contribution in [0, 0.1) is 13.8 Å². The standard InChI is InChI=1S/C16H17BrClNO/c1-10-7-14(8-11(2)16(10)17)20-15(9-19)12-3-5-13(18)6-4-12/h3-8,15H,9,19H2,1-2H3. The fourth-order valence-corrected chi connectivity index (χ4v) is 2.42. The van der Waals surface area contributed by atoms with Crippen LogP contribution in [0.4, 0.5) is 0 Å². The predicted octanol–water partition coefficient (Wildman–Crippen LogP) is 4.80. The lowest BCUT2D eigenvalue weighted by atomic mass is 10.1. The Labute approximate surface area is 133 Å². The van der Waals surface area contributed by atoms with Gasteiger partial charge in [0.15, 0.2) is 0 Å². The highest BCUT2D eigenvalue weighted by molar-refractivity contribution is 9.10. The molecule has 1 atom stereocenters. The second kappa shape index (κ2) is 6.61. The molecule has 0 aliphatic heterocycles. The van der Waals surface area contributed by atoms with Crippen LogP contribution in [-0.4, -0.2) is 6.54 Å². The number of nitrogens with two attached hydrogens (primary N) is 1. The van der Waals surface area contributed by atoms with Crippen LogP contribution in [0.1, 0.15) is 22.8 Å². The number of hydrogen-bond donors (Lipinski definition) is 1. The van der Waals surface area contributed by atoms with E-state index in [4.69, 9.17) is 22.1 Å². The van der Waals surface area contributed by atoms with Gasteiger partial charge in [0.05, 0.1) is 0 Å². The van der Waals surface area contributed by atoms with E-state index in [0.29, 0.717) is 11.6 Å². The zero-order chi connectivity index (χ0) is 14.7. The predicted molar refractivity (Wildman–Crippen MR) is 87.5 cm³/mol. The number of benzene rings is 2. The Morgan fingerprint density at radius 3 is 2.20 bits per heavy atom. The number of halogens is 2. The van der Waals surface area contributed by atoms with Gasteiger partial charge < -0.3 is 10.5 Å². The van der Waals surface area contributed by atoms with Crippen molar-refractivity contribution in [1.82, 2.24) is 0 Å². The van der Waals surface area contributed by atoms with E-state index in [1.165, 1.54) is 0 Å². The van der Waals surface area contributed by atoms with Gasteiger partial charge in [-0.1, -0.05) is 39.7 Å². The smallest absolute Gasteiger partial charge is 0.136 e. The Morgan fingerprint density at radius 1 is 1.15 bits per heavy atom. The van der Waals surface area contributed by atoms with Crippen molar-refractivity contribution in [1.29, 1.82) is 0 Å². The maximum absolute atomic E-state index is 6.02. The summed E-state index contributed by atoms with van der Waals surface area (Å²) >= 11 is 9.46. The zero-order valence-corrected chi connectivity index (χ0v) is 13.8. The van der Waals surface area contributed by atoms with Gasteiger partial charge in [-0.25, -0.2) is 0 Å². The molecule has 0 aliphatic rings. The highest BCUT2D eigenvalue weighted by atomic mass is 79.9. The minimum absolute atomic E-state index is 0.174. The van der Waals surface area contributed by atoms with E-state index in [1.54, 1.807) is 0 Å². The van der Waals surface area contributed by atoms with Crippen molar-refractivity contribution >= 4 is 27.5 Å². The summed E-state index contributed by atoms with van der Waals surface area (Å²) in [6, 6.07) is 11.6. The molecule has 0 radical (unpaired) electrons. The van der Waals surface area contributed by atoms with Gasteiger partial charge in [0.25, 0.3) is 0 Å². The van der Waals surface area contributed by atoms with Crippen molar-refractivity contribution < 1.29 is 4.74 Å². The first-order chi connectivity index (χ1) is 9.51. The zero-order valence-electron chi connectivity index (χ0n) is 11.5. The SMILES string of the molecule is Cc1cc(OC(CN)c2ccc(Cl)cc2)cc(C)c1Br. The maximum Gasteiger partial charge on any atom is 0.136 e. The maximum atomic E-state index is 6.02. The average molecular weight is 355 g/mol. The minimum Gasteiger partial charge on any atom is -0.484 e. The molecule has 0 bridgehead atoms. The minimum atomic E-state index is -0.174. The summed E-state index contributed by atoms with van der Waals surface area (Å²) in [4.78, 5) is 0. The van der Waals surface area contributed by atoms with E-state index >= 15 is 0 Å². The van der Waals surface area contributed by atoms with Crippen LogP contribution in [0.5, 0.6) is 5.75 Å². The summed E-state index contributed by atoms with van der Waals surface area (Å²) in [5, 5.41) is 0.708. The summed E-state index contributed by atoms with van der Waals surface area (Å²) in [6.07, 6.45) is -0.174. The lowest BCUT2D eigenvalue weighted by Gasteiger charge is -2.19. The van der Waals surface area contributed by atoms with Crippen LogP contribution in [0.15, 0.2) is 40.9 Å². The molecule has 2 nitrogen and oxygen atoms in total. The lowest BCUT2D eigenvalue weighted by molar-refractivity contribution is 0.214. The van der Waals surface area contributed by atoms with E-state index in [9.17, 15) is 0 Å². The largest absolute Gasteiger partial charge is 0.484 e. The van der Waals surface area contributed by atoms with Crippen LogP contribution in [0.3, 0.4) is 0 Å². The topological polar surface area (TPSA) is 35.2 Å². The molecular formula is C16H17BrClNO. The molecule has 20 heavy (non-hydrogen) atoms. The van der Waals surface area contributed by atoms with Crippen molar-refractivity contribution in [2.45, 2.75) is 20.0 Å². The van der Waals surface area contributed by atoms with Crippen LogP contribution in [0.2, 0.25) is 5.02 Å². The lowest BCUT2D eigenvalue weighted by Crippen LogP contribution is -2.18. The third kappa shape index (κ3) is 3.54. The quantitative estimate of drug-likeness (QED) is 0.856. The van der Waals surface area contributed by atoms with Gasteiger partial charge in [0.1, 0.15) is 11.9 Å². The second-order valence-electron chi connectivity index (χ2n) is 4.76. The van der Waals surface area contributed by atoms with Crippen molar-refractivity contribution in [2.75, 3.05) is 6.54 Å². The number of aryl methyl sites for hydroxylation is 2. The molecule has 2 aromatic carbocycles. The normalized spacial score (nSPS) is 12.2. The Hall–Kier alpha value is -1.03. The van der Waals surface area contributed by atoms with Gasteiger partial charge in [-0.15, -0.1) is 0 Å². The van der Waals surface area contributed by atoms with Crippen LogP contribution in [-0.2, 0) is 0 Å². The van der Waals surface area contributed by atoms with Gasteiger partial charge in [-0.3, -0.25) is 0 Å². The van der Waals surface area contributed by atoms with Crippen LogP contribution >= 0.6 is 27.5 Å². The van der Waals surface area contributed by atoms with Crippen LogP contribution in [0.25, 0.3) is 0 Å². The molecule has 0 saturated heterocycles. The molecular weight excluding hydrogens is 338 g/mol. The first-order valence-corrected chi connectivity index (χ1v) is 7.57. The summed E-state index contributed by atoms with van der Waals surface area (Å²) in [5.74, 6) is 0.827.